The maximum Gasteiger partial charge on any atom is 0.244 e. The monoisotopic (exact) mass is 256 g/mol. The van der Waals surface area contributed by atoms with E-state index in [-0.39, 0.29) is 23.7 Å². The summed E-state index contributed by atoms with van der Waals surface area (Å²) >= 11 is 0. The normalized spacial score (nSPS) is 28.3. The molecular weight excluding hydrogens is 232 g/mol. The number of nitrogens with one attached hydrogen (secondary N) is 1. The van der Waals surface area contributed by atoms with E-state index in [2.05, 4.69) is 5.32 Å². The zero-order chi connectivity index (χ0) is 13.2. The molecule has 1 heterocycles. The van der Waals surface area contributed by atoms with Crippen LogP contribution >= 0.6 is 0 Å². The lowest BCUT2D eigenvalue weighted by atomic mass is 9.98. The molecule has 2 atom stereocenters. The summed E-state index contributed by atoms with van der Waals surface area (Å²) in [4.78, 5) is 14.5. The first-order valence-electron chi connectivity index (χ1n) is 6.73. The highest BCUT2D eigenvalue weighted by Gasteiger charge is 2.51. The third-order valence-electron chi connectivity index (χ3n) is 4.17. The van der Waals surface area contributed by atoms with Crippen LogP contribution in [0.3, 0.4) is 0 Å². The minimum Gasteiger partial charge on any atom is -0.382 e. The molecule has 2 fully saturated rings. The fourth-order valence-electron chi connectivity index (χ4n) is 3.17. The molecule has 5 nitrogen and oxygen atoms in total. The van der Waals surface area contributed by atoms with Crippen molar-refractivity contribution in [3.8, 4) is 0 Å². The minimum absolute atomic E-state index is 0.0558. The van der Waals surface area contributed by atoms with E-state index in [9.17, 15) is 4.79 Å². The summed E-state index contributed by atoms with van der Waals surface area (Å²) in [5.41, 5.74) is -0.287. The lowest BCUT2D eigenvalue weighted by molar-refractivity contribution is -0.135. The molecule has 1 aliphatic heterocycles. The van der Waals surface area contributed by atoms with Crippen molar-refractivity contribution in [1.82, 2.24) is 10.2 Å². The van der Waals surface area contributed by atoms with E-state index in [1.165, 1.54) is 0 Å². The Morgan fingerprint density at radius 3 is 2.67 bits per heavy atom. The highest BCUT2D eigenvalue weighted by molar-refractivity contribution is 5.89. The standard InChI is InChI=1S/C13H24N2O3/c1-10-14-13(6-4-5-7-13)12(16)15(10)8-11(18-3)9-17-2/h10-11,14H,4-9H2,1-3H3. The topological polar surface area (TPSA) is 50.8 Å². The number of nitrogens with zero attached hydrogens (tertiary/aromatic N) is 1. The van der Waals surface area contributed by atoms with Gasteiger partial charge in [0.15, 0.2) is 0 Å². The first-order chi connectivity index (χ1) is 8.63. The minimum atomic E-state index is -0.287. The fraction of sp³-hybridized carbons (Fsp3) is 0.923. The predicted molar refractivity (Wildman–Crippen MR) is 68.2 cm³/mol. The average molecular weight is 256 g/mol. The Balaban J connectivity index is 2.02. The van der Waals surface area contributed by atoms with E-state index >= 15 is 0 Å². The van der Waals surface area contributed by atoms with Gasteiger partial charge in [-0.15, -0.1) is 0 Å². The van der Waals surface area contributed by atoms with Crippen molar-refractivity contribution in [2.45, 2.75) is 50.4 Å². The van der Waals surface area contributed by atoms with Gasteiger partial charge in [0.05, 0.1) is 31.0 Å². The van der Waals surface area contributed by atoms with Gasteiger partial charge >= 0.3 is 0 Å². The van der Waals surface area contributed by atoms with Crippen LogP contribution in [0, 0.1) is 0 Å². The molecule has 0 aromatic rings. The van der Waals surface area contributed by atoms with E-state index in [0.29, 0.717) is 13.2 Å². The largest absolute Gasteiger partial charge is 0.382 e. The molecule has 5 heteroatoms. The molecule has 1 saturated heterocycles. The number of hydrogen-bond acceptors (Lipinski definition) is 4. The molecule has 1 N–H and O–H groups in total. The molecule has 104 valence electrons. The summed E-state index contributed by atoms with van der Waals surface area (Å²) in [6.07, 6.45) is 4.25. The highest BCUT2D eigenvalue weighted by Crippen LogP contribution is 2.36. The molecule has 0 bridgehead atoms. The summed E-state index contributed by atoms with van der Waals surface area (Å²) in [5.74, 6) is 0.241. The van der Waals surface area contributed by atoms with Crippen LogP contribution in [0.25, 0.3) is 0 Å². The summed E-state index contributed by atoms with van der Waals surface area (Å²) in [7, 11) is 3.31. The van der Waals surface area contributed by atoms with Crippen molar-refractivity contribution < 1.29 is 14.3 Å². The van der Waals surface area contributed by atoms with Gasteiger partial charge in [0.25, 0.3) is 0 Å². The molecule has 0 aromatic heterocycles. The van der Waals surface area contributed by atoms with Crippen molar-refractivity contribution in [3.05, 3.63) is 0 Å². The molecule has 0 radical (unpaired) electrons. The second-order valence-corrected chi connectivity index (χ2v) is 5.38. The Labute approximate surface area is 109 Å². The number of carbonyl (C=O) groups is 1. The average Bonchev–Trinajstić information content (AvgIpc) is 2.90. The number of amides is 1. The van der Waals surface area contributed by atoms with Gasteiger partial charge in [-0.05, 0) is 19.8 Å². The van der Waals surface area contributed by atoms with Gasteiger partial charge in [-0.1, -0.05) is 12.8 Å². The Bertz CT molecular complexity index is 303. The van der Waals surface area contributed by atoms with E-state index in [1.807, 2.05) is 11.8 Å². The van der Waals surface area contributed by atoms with Gasteiger partial charge in [0.2, 0.25) is 5.91 Å². The molecule has 1 amide bonds. The van der Waals surface area contributed by atoms with Crippen molar-refractivity contribution in [3.63, 3.8) is 0 Å². The molecule has 1 aliphatic carbocycles. The number of carbonyl (C=O) groups excluding carboxylic acids is 1. The Hall–Kier alpha value is -0.650. The highest BCUT2D eigenvalue weighted by atomic mass is 16.5. The van der Waals surface area contributed by atoms with Gasteiger partial charge < -0.3 is 14.4 Å². The van der Waals surface area contributed by atoms with E-state index in [0.717, 1.165) is 25.7 Å². The van der Waals surface area contributed by atoms with Crippen molar-refractivity contribution in [1.29, 1.82) is 0 Å². The third-order valence-corrected chi connectivity index (χ3v) is 4.17. The quantitative estimate of drug-likeness (QED) is 0.788. The zero-order valence-electron chi connectivity index (χ0n) is 11.6. The van der Waals surface area contributed by atoms with Crippen LogP contribution in [0.15, 0.2) is 0 Å². The van der Waals surface area contributed by atoms with Crippen LogP contribution in [0.4, 0.5) is 0 Å². The first-order valence-corrected chi connectivity index (χ1v) is 6.73. The van der Waals surface area contributed by atoms with Crippen LogP contribution in [-0.2, 0) is 14.3 Å². The van der Waals surface area contributed by atoms with Gasteiger partial charge in [-0.2, -0.15) is 0 Å². The van der Waals surface area contributed by atoms with Crippen molar-refractivity contribution in [2.24, 2.45) is 0 Å². The predicted octanol–water partition coefficient (Wildman–Crippen LogP) is 0.738. The second-order valence-electron chi connectivity index (χ2n) is 5.38. The van der Waals surface area contributed by atoms with Gasteiger partial charge in [0.1, 0.15) is 0 Å². The molecule has 2 unspecified atom stereocenters. The number of hydrogen-bond donors (Lipinski definition) is 1. The molecule has 1 saturated carbocycles. The molecule has 0 aromatic carbocycles. The van der Waals surface area contributed by atoms with Crippen LogP contribution in [0.1, 0.15) is 32.6 Å². The number of methoxy groups -OCH3 is 2. The lowest BCUT2D eigenvalue weighted by Gasteiger charge is -2.26. The van der Waals surface area contributed by atoms with Crippen molar-refractivity contribution in [2.75, 3.05) is 27.4 Å². The molecule has 18 heavy (non-hydrogen) atoms. The van der Waals surface area contributed by atoms with Crippen molar-refractivity contribution >= 4 is 5.91 Å². The Kier molecular flexibility index (Phi) is 4.25. The van der Waals surface area contributed by atoms with E-state index < -0.39 is 0 Å². The Morgan fingerprint density at radius 1 is 1.44 bits per heavy atom. The van der Waals surface area contributed by atoms with Crippen LogP contribution < -0.4 is 5.32 Å². The molecule has 2 aliphatic rings. The molecule has 1 spiro atoms. The van der Waals surface area contributed by atoms with Gasteiger partial charge in [-0.25, -0.2) is 0 Å². The van der Waals surface area contributed by atoms with Gasteiger partial charge in [0, 0.05) is 14.2 Å². The number of ether oxygens (including phenoxy) is 2. The molecule has 2 rings (SSSR count). The number of rotatable bonds is 5. The smallest absolute Gasteiger partial charge is 0.244 e. The van der Waals surface area contributed by atoms with Gasteiger partial charge in [-0.3, -0.25) is 10.1 Å². The second kappa shape index (κ2) is 5.55. The summed E-state index contributed by atoms with van der Waals surface area (Å²) < 4.78 is 10.5. The molecular formula is C13H24N2O3. The summed E-state index contributed by atoms with van der Waals surface area (Å²) in [6, 6.07) is 0. The zero-order valence-corrected chi connectivity index (χ0v) is 11.6. The first kappa shape index (κ1) is 13.8. The van der Waals surface area contributed by atoms with Crippen LogP contribution in [0.5, 0.6) is 0 Å². The van der Waals surface area contributed by atoms with Crippen LogP contribution in [0.2, 0.25) is 0 Å². The fourth-order valence-corrected chi connectivity index (χ4v) is 3.17. The lowest BCUT2D eigenvalue weighted by Crippen LogP contribution is -2.45. The van der Waals surface area contributed by atoms with Crippen LogP contribution in [-0.4, -0.2) is 56.0 Å². The third kappa shape index (κ3) is 2.39. The van der Waals surface area contributed by atoms with E-state index in [1.54, 1.807) is 14.2 Å². The Morgan fingerprint density at radius 2 is 2.11 bits per heavy atom. The summed E-state index contributed by atoms with van der Waals surface area (Å²) in [6.45, 7) is 3.16. The SMILES string of the molecule is COCC(CN1C(=O)C2(CCCC2)NC1C)OC. The maximum atomic E-state index is 12.6. The van der Waals surface area contributed by atoms with E-state index in [4.69, 9.17) is 9.47 Å². The summed E-state index contributed by atoms with van der Waals surface area (Å²) in [5, 5.41) is 3.48. The maximum absolute atomic E-state index is 12.6.